The van der Waals surface area contributed by atoms with E-state index in [4.69, 9.17) is 0 Å². The zero-order valence-electron chi connectivity index (χ0n) is 10.1. The van der Waals surface area contributed by atoms with Crippen molar-refractivity contribution in [1.29, 1.82) is 0 Å². The Balaban J connectivity index is 1.80. The summed E-state index contributed by atoms with van der Waals surface area (Å²) in [6.45, 7) is 1.09. The molecule has 3 atom stereocenters. The van der Waals surface area contributed by atoms with Gasteiger partial charge in [0.15, 0.2) is 0 Å². The van der Waals surface area contributed by atoms with Crippen LogP contribution in [0.25, 0.3) is 0 Å². The second-order valence-corrected chi connectivity index (χ2v) is 5.07. The molecular weight excluding hydrogens is 224 g/mol. The number of hydrogen-bond acceptors (Lipinski definition) is 3. The molecule has 2 aliphatic heterocycles. The SMILES string of the molecule is c1ccc2c(c1)N[C@@H](c1ncc[nH]1)[C@H]1CCN[C@@H]21. The first-order chi connectivity index (χ1) is 8.93. The normalized spacial score (nSPS) is 29.4. The standard InChI is InChI=1S/C14H16N4/c1-2-4-11-9(3-1)12-10(5-6-15-12)13(18-11)14-16-7-8-17-14/h1-4,7-8,10,12-13,15,18H,5-6H2,(H,16,17)/t10-,12-,13+/m0/s1. The summed E-state index contributed by atoms with van der Waals surface area (Å²) in [7, 11) is 0. The molecule has 4 nitrogen and oxygen atoms in total. The third-order valence-electron chi connectivity index (χ3n) is 4.12. The number of H-pyrrole nitrogens is 1. The third-order valence-corrected chi connectivity index (χ3v) is 4.12. The van der Waals surface area contributed by atoms with Gasteiger partial charge in [0.2, 0.25) is 0 Å². The molecule has 2 aromatic rings. The predicted molar refractivity (Wildman–Crippen MR) is 70.2 cm³/mol. The number of imidazole rings is 1. The van der Waals surface area contributed by atoms with Gasteiger partial charge in [0.25, 0.3) is 0 Å². The van der Waals surface area contributed by atoms with E-state index in [0.717, 1.165) is 12.4 Å². The Hall–Kier alpha value is -1.81. The molecule has 92 valence electrons. The smallest absolute Gasteiger partial charge is 0.128 e. The zero-order chi connectivity index (χ0) is 11.9. The first kappa shape index (κ1) is 10.1. The van der Waals surface area contributed by atoms with Crippen molar-refractivity contribution in [3.05, 3.63) is 48.0 Å². The van der Waals surface area contributed by atoms with E-state index in [2.05, 4.69) is 44.9 Å². The molecule has 0 amide bonds. The van der Waals surface area contributed by atoms with Crippen LogP contribution in [-0.4, -0.2) is 16.5 Å². The average Bonchev–Trinajstić information content (AvgIpc) is 3.09. The number of aromatic nitrogens is 2. The highest BCUT2D eigenvalue weighted by atomic mass is 15.1. The number of nitrogens with zero attached hydrogens (tertiary/aromatic N) is 1. The van der Waals surface area contributed by atoms with Crippen LogP contribution in [0.3, 0.4) is 0 Å². The molecule has 0 unspecified atom stereocenters. The van der Waals surface area contributed by atoms with Gasteiger partial charge in [0.05, 0.1) is 6.04 Å². The van der Waals surface area contributed by atoms with Crippen LogP contribution in [0.4, 0.5) is 5.69 Å². The lowest BCUT2D eigenvalue weighted by atomic mass is 9.83. The Bertz CT molecular complexity index is 549. The third kappa shape index (κ3) is 1.39. The first-order valence-corrected chi connectivity index (χ1v) is 6.51. The molecule has 3 heterocycles. The Morgan fingerprint density at radius 1 is 1.17 bits per heavy atom. The topological polar surface area (TPSA) is 52.7 Å². The van der Waals surface area contributed by atoms with Crippen LogP contribution in [0.15, 0.2) is 36.7 Å². The minimum Gasteiger partial charge on any atom is -0.375 e. The van der Waals surface area contributed by atoms with Crippen molar-refractivity contribution in [3.8, 4) is 0 Å². The molecule has 0 bridgehead atoms. The number of rotatable bonds is 1. The van der Waals surface area contributed by atoms with E-state index in [1.807, 2.05) is 12.4 Å². The van der Waals surface area contributed by atoms with Crippen molar-refractivity contribution in [2.75, 3.05) is 11.9 Å². The van der Waals surface area contributed by atoms with Gasteiger partial charge < -0.3 is 15.6 Å². The van der Waals surface area contributed by atoms with E-state index in [1.165, 1.54) is 17.7 Å². The molecule has 1 aromatic carbocycles. The van der Waals surface area contributed by atoms with Crippen LogP contribution in [0, 0.1) is 5.92 Å². The number of anilines is 1. The summed E-state index contributed by atoms with van der Waals surface area (Å²) < 4.78 is 0. The summed E-state index contributed by atoms with van der Waals surface area (Å²) in [5, 5.41) is 7.26. The maximum Gasteiger partial charge on any atom is 0.128 e. The van der Waals surface area contributed by atoms with Crippen molar-refractivity contribution in [3.63, 3.8) is 0 Å². The Kier molecular flexibility index (Phi) is 2.17. The molecule has 1 fully saturated rings. The summed E-state index contributed by atoms with van der Waals surface area (Å²) in [4.78, 5) is 7.68. The molecular formula is C14H16N4. The summed E-state index contributed by atoms with van der Waals surface area (Å²) in [6.07, 6.45) is 4.92. The monoisotopic (exact) mass is 240 g/mol. The van der Waals surface area contributed by atoms with Gasteiger partial charge in [-0.05, 0) is 24.6 Å². The fraction of sp³-hybridized carbons (Fsp3) is 0.357. The number of fused-ring (bicyclic) bond motifs is 3. The molecule has 0 aliphatic carbocycles. The average molecular weight is 240 g/mol. The Morgan fingerprint density at radius 3 is 3.00 bits per heavy atom. The maximum absolute atomic E-state index is 4.43. The van der Waals surface area contributed by atoms with E-state index in [9.17, 15) is 0 Å². The van der Waals surface area contributed by atoms with E-state index < -0.39 is 0 Å². The highest BCUT2D eigenvalue weighted by Gasteiger charge is 2.40. The van der Waals surface area contributed by atoms with Gasteiger partial charge in [-0.15, -0.1) is 0 Å². The van der Waals surface area contributed by atoms with Gasteiger partial charge in [0.1, 0.15) is 5.82 Å². The number of benzene rings is 1. The number of hydrogen-bond donors (Lipinski definition) is 3. The molecule has 18 heavy (non-hydrogen) atoms. The van der Waals surface area contributed by atoms with Crippen LogP contribution in [0.5, 0.6) is 0 Å². The fourth-order valence-electron chi connectivity index (χ4n) is 3.32. The summed E-state index contributed by atoms with van der Waals surface area (Å²) in [5.74, 6) is 1.62. The second kappa shape index (κ2) is 3.85. The molecule has 3 N–H and O–H groups in total. The molecule has 1 saturated heterocycles. The largest absolute Gasteiger partial charge is 0.375 e. The minimum absolute atomic E-state index is 0.287. The number of nitrogens with one attached hydrogen (secondary N) is 3. The van der Waals surface area contributed by atoms with E-state index in [0.29, 0.717) is 12.0 Å². The van der Waals surface area contributed by atoms with Crippen LogP contribution >= 0.6 is 0 Å². The lowest BCUT2D eigenvalue weighted by Gasteiger charge is -2.35. The van der Waals surface area contributed by atoms with Gasteiger partial charge in [-0.3, -0.25) is 0 Å². The van der Waals surface area contributed by atoms with Gasteiger partial charge in [-0.1, -0.05) is 18.2 Å². The number of para-hydroxylation sites is 1. The maximum atomic E-state index is 4.43. The van der Waals surface area contributed by atoms with Crippen molar-refractivity contribution in [2.45, 2.75) is 18.5 Å². The fourth-order valence-corrected chi connectivity index (χ4v) is 3.32. The quantitative estimate of drug-likeness (QED) is 0.716. The minimum atomic E-state index is 0.287. The van der Waals surface area contributed by atoms with Gasteiger partial charge in [-0.2, -0.15) is 0 Å². The summed E-state index contributed by atoms with van der Waals surface area (Å²) in [5.41, 5.74) is 2.62. The van der Waals surface area contributed by atoms with Crippen molar-refractivity contribution in [1.82, 2.24) is 15.3 Å². The lowest BCUT2D eigenvalue weighted by Crippen LogP contribution is -2.32. The van der Waals surface area contributed by atoms with Crippen LogP contribution in [-0.2, 0) is 0 Å². The summed E-state index contributed by atoms with van der Waals surface area (Å²) >= 11 is 0. The molecule has 0 saturated carbocycles. The van der Waals surface area contributed by atoms with Gasteiger partial charge >= 0.3 is 0 Å². The second-order valence-electron chi connectivity index (χ2n) is 5.07. The van der Waals surface area contributed by atoms with Crippen LogP contribution in [0.1, 0.15) is 29.9 Å². The Labute approximate surface area is 106 Å². The van der Waals surface area contributed by atoms with E-state index >= 15 is 0 Å². The lowest BCUT2D eigenvalue weighted by molar-refractivity contribution is 0.381. The zero-order valence-corrected chi connectivity index (χ0v) is 10.1. The van der Waals surface area contributed by atoms with Crippen LogP contribution < -0.4 is 10.6 Å². The molecule has 0 spiro atoms. The molecule has 0 radical (unpaired) electrons. The van der Waals surface area contributed by atoms with Crippen molar-refractivity contribution in [2.24, 2.45) is 5.92 Å². The number of aromatic amines is 1. The van der Waals surface area contributed by atoms with Gasteiger partial charge in [-0.25, -0.2) is 4.98 Å². The van der Waals surface area contributed by atoms with E-state index in [-0.39, 0.29) is 6.04 Å². The predicted octanol–water partition coefficient (Wildman–Crippen LogP) is 2.23. The van der Waals surface area contributed by atoms with Crippen LogP contribution in [0.2, 0.25) is 0 Å². The van der Waals surface area contributed by atoms with Gasteiger partial charge in [0, 0.05) is 30.0 Å². The summed E-state index contributed by atoms with van der Waals surface area (Å²) in [6, 6.07) is 9.32. The molecule has 1 aromatic heterocycles. The molecule has 2 aliphatic rings. The molecule has 4 rings (SSSR count). The Morgan fingerprint density at radius 2 is 2.11 bits per heavy atom. The van der Waals surface area contributed by atoms with Crippen molar-refractivity contribution >= 4 is 5.69 Å². The van der Waals surface area contributed by atoms with Crippen molar-refractivity contribution < 1.29 is 0 Å². The highest BCUT2D eigenvalue weighted by molar-refractivity contribution is 5.57. The van der Waals surface area contributed by atoms with E-state index in [1.54, 1.807) is 0 Å². The molecule has 4 heteroatoms. The first-order valence-electron chi connectivity index (χ1n) is 6.51. The highest BCUT2D eigenvalue weighted by Crippen LogP contribution is 2.46.